The minimum absolute atomic E-state index is 0.283. The smallest absolute Gasteiger partial charge is 0.0675 e. The molecule has 21 heavy (non-hydrogen) atoms. The van der Waals surface area contributed by atoms with Crippen molar-refractivity contribution in [3.63, 3.8) is 0 Å². The van der Waals surface area contributed by atoms with Crippen molar-refractivity contribution in [1.82, 2.24) is 5.32 Å². The molecule has 0 fully saturated rings. The molecule has 2 nitrogen and oxygen atoms in total. The number of unbranched alkanes of at least 4 members (excludes halogenated alkanes) is 11. The molecule has 0 saturated heterocycles. The van der Waals surface area contributed by atoms with Crippen molar-refractivity contribution in [1.29, 1.82) is 0 Å². The molecule has 0 bridgehead atoms. The highest BCUT2D eigenvalue weighted by atomic mass is 35.5. The lowest BCUT2D eigenvalue weighted by atomic mass is 10.0. The number of halogens is 1. The first-order valence-electron chi connectivity index (χ1n) is 9.05. The van der Waals surface area contributed by atoms with Gasteiger partial charge in [-0.15, -0.1) is 11.6 Å². The quantitative estimate of drug-likeness (QED) is 0.326. The van der Waals surface area contributed by atoms with E-state index >= 15 is 0 Å². The monoisotopic (exact) mass is 321 g/mol. The van der Waals surface area contributed by atoms with Gasteiger partial charge in [-0.25, -0.2) is 0 Å². The molecular weight excluding hydrogens is 282 g/mol. The summed E-state index contributed by atoms with van der Waals surface area (Å²) in [5.41, 5.74) is 0. The Morgan fingerprint density at radius 2 is 1.10 bits per heavy atom. The normalized spacial score (nSPS) is 11.9. The number of aliphatic hydroxyl groups excluding tert-OH is 1. The lowest BCUT2D eigenvalue weighted by molar-refractivity contribution is 0.183. The minimum Gasteiger partial charge on any atom is -0.392 e. The third kappa shape index (κ3) is 25.5. The molecule has 0 heterocycles. The van der Waals surface area contributed by atoms with Crippen LogP contribution >= 0.6 is 11.6 Å². The van der Waals surface area contributed by atoms with Gasteiger partial charge < -0.3 is 10.4 Å². The molecule has 0 aliphatic carbocycles. The van der Waals surface area contributed by atoms with Gasteiger partial charge in [0.05, 0.1) is 6.10 Å². The van der Waals surface area contributed by atoms with Crippen LogP contribution in [0.15, 0.2) is 0 Å². The largest absolute Gasteiger partial charge is 0.392 e. The Bertz CT molecular complexity index is 167. The van der Waals surface area contributed by atoms with Crippen LogP contribution < -0.4 is 5.32 Å². The zero-order valence-corrected chi connectivity index (χ0v) is 15.6. The minimum atomic E-state index is -0.283. The van der Waals surface area contributed by atoms with Crippen LogP contribution in [0.3, 0.4) is 0 Å². The van der Waals surface area contributed by atoms with E-state index in [4.69, 9.17) is 11.6 Å². The van der Waals surface area contributed by atoms with Crippen LogP contribution in [0.1, 0.15) is 90.4 Å². The molecule has 0 aromatic carbocycles. The highest BCUT2D eigenvalue weighted by Crippen LogP contribution is 2.13. The molecule has 0 aromatic heterocycles. The molecule has 0 spiro atoms. The van der Waals surface area contributed by atoms with E-state index in [2.05, 4.69) is 12.2 Å². The molecule has 2 N–H and O–H groups in total. The van der Waals surface area contributed by atoms with E-state index in [9.17, 15) is 5.11 Å². The van der Waals surface area contributed by atoms with Gasteiger partial charge in [0.1, 0.15) is 0 Å². The summed E-state index contributed by atoms with van der Waals surface area (Å²) in [5, 5.41) is 12.0. The molecule has 0 saturated carbocycles. The van der Waals surface area contributed by atoms with E-state index in [0.717, 1.165) is 12.8 Å². The first-order valence-corrected chi connectivity index (χ1v) is 9.58. The fourth-order valence-corrected chi connectivity index (χ4v) is 2.45. The average Bonchev–Trinajstić information content (AvgIpc) is 2.49. The summed E-state index contributed by atoms with van der Waals surface area (Å²) in [4.78, 5) is 0. The molecule has 3 heteroatoms. The molecule has 0 amide bonds. The third-order valence-corrected chi connectivity index (χ3v) is 3.93. The zero-order valence-electron chi connectivity index (χ0n) is 14.8. The molecule has 0 rings (SSSR count). The summed E-state index contributed by atoms with van der Waals surface area (Å²) >= 11 is 5.54. The Morgan fingerprint density at radius 3 is 1.43 bits per heavy atom. The van der Waals surface area contributed by atoms with Crippen molar-refractivity contribution in [3.05, 3.63) is 0 Å². The van der Waals surface area contributed by atoms with Crippen molar-refractivity contribution >= 4 is 11.6 Å². The highest BCUT2D eigenvalue weighted by Gasteiger charge is 2.00. The van der Waals surface area contributed by atoms with E-state index in [-0.39, 0.29) is 6.10 Å². The van der Waals surface area contributed by atoms with Crippen LogP contribution in [0.4, 0.5) is 0 Å². The van der Waals surface area contributed by atoms with Crippen LogP contribution in [0.2, 0.25) is 0 Å². The number of alkyl halides is 1. The second-order valence-corrected chi connectivity index (χ2v) is 6.29. The Balaban J connectivity index is 0. The summed E-state index contributed by atoms with van der Waals surface area (Å²) in [7, 11) is 3.75. The second kappa shape index (κ2) is 22.5. The maximum Gasteiger partial charge on any atom is 0.0675 e. The summed E-state index contributed by atoms with van der Waals surface area (Å²) in [6.45, 7) is 2.27. The van der Waals surface area contributed by atoms with Gasteiger partial charge in [0.15, 0.2) is 0 Å². The van der Waals surface area contributed by atoms with Crippen LogP contribution in [0.25, 0.3) is 0 Å². The van der Waals surface area contributed by atoms with Crippen LogP contribution in [-0.4, -0.2) is 31.2 Å². The van der Waals surface area contributed by atoms with E-state index < -0.39 is 0 Å². The van der Waals surface area contributed by atoms with Crippen LogP contribution in [0, 0.1) is 0 Å². The summed E-state index contributed by atoms with van der Waals surface area (Å²) < 4.78 is 0. The molecule has 0 aliphatic heterocycles. The number of rotatable bonds is 14. The van der Waals surface area contributed by atoms with E-state index in [0.29, 0.717) is 5.88 Å². The third-order valence-electron chi connectivity index (χ3n) is 3.57. The fourth-order valence-electron chi connectivity index (χ4n) is 2.30. The van der Waals surface area contributed by atoms with Gasteiger partial charge >= 0.3 is 0 Å². The molecule has 0 aliphatic rings. The molecule has 130 valence electrons. The van der Waals surface area contributed by atoms with Crippen molar-refractivity contribution in [2.45, 2.75) is 96.5 Å². The molecular formula is C18H40ClNO. The lowest BCUT2D eigenvalue weighted by Gasteiger charge is -2.06. The van der Waals surface area contributed by atoms with Crippen molar-refractivity contribution < 1.29 is 5.11 Å². The predicted octanol–water partition coefficient (Wildman–Crippen LogP) is 5.51. The van der Waals surface area contributed by atoms with Crippen LogP contribution in [0.5, 0.6) is 0 Å². The van der Waals surface area contributed by atoms with Crippen molar-refractivity contribution in [3.8, 4) is 0 Å². The van der Waals surface area contributed by atoms with Gasteiger partial charge in [-0.05, 0) is 20.5 Å². The summed E-state index contributed by atoms with van der Waals surface area (Å²) in [6.07, 6.45) is 17.0. The van der Waals surface area contributed by atoms with Gasteiger partial charge in [0, 0.05) is 5.88 Å². The molecule has 0 radical (unpaired) electrons. The Hall–Kier alpha value is 0.210. The standard InChI is InChI=1S/C16H33ClO.C2H7N/c1-2-3-4-5-6-7-8-9-10-11-12-13-14-16(18)15-17;1-3-2/h16,18H,2-15H2,1H3;3H,1-2H3. The first kappa shape index (κ1) is 23.5. The maximum absolute atomic E-state index is 9.29. The van der Waals surface area contributed by atoms with Crippen molar-refractivity contribution in [2.24, 2.45) is 0 Å². The number of aliphatic hydroxyl groups is 1. The zero-order chi connectivity index (χ0) is 16.2. The maximum atomic E-state index is 9.29. The van der Waals surface area contributed by atoms with Gasteiger partial charge in [-0.2, -0.15) is 0 Å². The van der Waals surface area contributed by atoms with Gasteiger partial charge in [0.2, 0.25) is 0 Å². The van der Waals surface area contributed by atoms with E-state index in [1.807, 2.05) is 14.1 Å². The fraction of sp³-hybridized carbons (Fsp3) is 1.00. The number of hydrogen-bond acceptors (Lipinski definition) is 2. The van der Waals surface area contributed by atoms with Gasteiger partial charge in [-0.3, -0.25) is 0 Å². The van der Waals surface area contributed by atoms with Crippen LogP contribution in [-0.2, 0) is 0 Å². The number of hydrogen-bond donors (Lipinski definition) is 2. The van der Waals surface area contributed by atoms with E-state index in [1.165, 1.54) is 70.6 Å². The Labute approximate surface area is 139 Å². The van der Waals surface area contributed by atoms with Gasteiger partial charge in [0.25, 0.3) is 0 Å². The van der Waals surface area contributed by atoms with Crippen molar-refractivity contribution in [2.75, 3.05) is 20.0 Å². The molecule has 1 unspecified atom stereocenters. The first-order chi connectivity index (χ1) is 10.2. The summed E-state index contributed by atoms with van der Waals surface area (Å²) in [5.74, 6) is 0.387. The number of nitrogens with one attached hydrogen (secondary N) is 1. The topological polar surface area (TPSA) is 32.3 Å². The highest BCUT2D eigenvalue weighted by molar-refractivity contribution is 6.18. The molecule has 0 aromatic rings. The predicted molar refractivity (Wildman–Crippen MR) is 97.4 cm³/mol. The Morgan fingerprint density at radius 1 is 0.762 bits per heavy atom. The second-order valence-electron chi connectivity index (χ2n) is 5.99. The SMILES string of the molecule is CCCCCCCCCCCCCCC(O)CCl.CNC. The van der Waals surface area contributed by atoms with Gasteiger partial charge in [-0.1, -0.05) is 84.0 Å². The molecule has 1 atom stereocenters. The van der Waals surface area contributed by atoms with E-state index in [1.54, 1.807) is 0 Å². The average molecular weight is 322 g/mol. The Kier molecular flexibility index (Phi) is 25.1. The summed E-state index contributed by atoms with van der Waals surface area (Å²) in [6, 6.07) is 0. The lowest BCUT2D eigenvalue weighted by Crippen LogP contribution is -2.07.